The third-order valence-electron chi connectivity index (χ3n) is 3.84. The second kappa shape index (κ2) is 5.55. The Morgan fingerprint density at radius 2 is 2.22 bits per heavy atom. The summed E-state index contributed by atoms with van der Waals surface area (Å²) in [6.45, 7) is 8.94. The minimum absolute atomic E-state index is 0.435. The van der Waals surface area contributed by atoms with Crippen molar-refractivity contribution in [2.45, 2.75) is 39.5 Å². The fraction of sp³-hybridized carbons (Fsp3) is 0.714. The van der Waals surface area contributed by atoms with Gasteiger partial charge in [0.15, 0.2) is 0 Å². The van der Waals surface area contributed by atoms with Crippen molar-refractivity contribution < 1.29 is 0 Å². The lowest BCUT2D eigenvalue weighted by atomic mass is 10.0. The van der Waals surface area contributed by atoms with E-state index < -0.39 is 0 Å². The van der Waals surface area contributed by atoms with Crippen LogP contribution in [0, 0.1) is 5.92 Å². The average Bonchev–Trinajstić information content (AvgIpc) is 2.86. The maximum absolute atomic E-state index is 4.53. The molecule has 1 aromatic rings. The van der Waals surface area contributed by atoms with Gasteiger partial charge in [-0.05, 0) is 18.3 Å². The van der Waals surface area contributed by atoms with E-state index in [9.17, 15) is 0 Å². The highest BCUT2D eigenvalue weighted by Gasteiger charge is 2.26. The van der Waals surface area contributed by atoms with E-state index in [0.29, 0.717) is 5.92 Å². The number of nitrogens with zero attached hydrogens (tertiary/aromatic N) is 3. The van der Waals surface area contributed by atoms with Crippen LogP contribution in [0.3, 0.4) is 0 Å². The van der Waals surface area contributed by atoms with Crippen molar-refractivity contribution in [3.8, 4) is 0 Å². The molecule has 1 aliphatic heterocycles. The maximum Gasteiger partial charge on any atom is 0.137 e. The van der Waals surface area contributed by atoms with Gasteiger partial charge in [0, 0.05) is 25.7 Å². The molecule has 2 heterocycles. The molecule has 0 spiro atoms. The molecule has 4 nitrogen and oxygen atoms in total. The van der Waals surface area contributed by atoms with E-state index in [1.54, 1.807) is 6.33 Å². The molecular formula is C14H24N4. The van der Waals surface area contributed by atoms with Crippen molar-refractivity contribution in [2.24, 2.45) is 5.92 Å². The first-order valence-electron chi connectivity index (χ1n) is 6.94. The Morgan fingerprint density at radius 3 is 2.78 bits per heavy atom. The van der Waals surface area contributed by atoms with Gasteiger partial charge in [0.25, 0.3) is 0 Å². The first kappa shape index (κ1) is 13.1. The van der Waals surface area contributed by atoms with E-state index >= 15 is 0 Å². The van der Waals surface area contributed by atoms with E-state index in [1.807, 2.05) is 7.05 Å². The molecule has 0 amide bonds. The number of nitrogens with one attached hydrogen (secondary N) is 1. The predicted molar refractivity (Wildman–Crippen MR) is 76.3 cm³/mol. The summed E-state index contributed by atoms with van der Waals surface area (Å²) in [5.41, 5.74) is 1.25. The van der Waals surface area contributed by atoms with Gasteiger partial charge in [-0.3, -0.25) is 0 Å². The normalized spacial score (nSPS) is 19.6. The first-order valence-corrected chi connectivity index (χ1v) is 6.94. The van der Waals surface area contributed by atoms with Gasteiger partial charge in [-0.15, -0.1) is 0 Å². The average molecular weight is 248 g/mol. The third-order valence-corrected chi connectivity index (χ3v) is 3.84. The Labute approximate surface area is 110 Å². The molecule has 0 aromatic carbocycles. The second-order valence-corrected chi connectivity index (χ2v) is 5.37. The highest BCUT2D eigenvalue weighted by molar-refractivity contribution is 5.60. The van der Waals surface area contributed by atoms with Gasteiger partial charge >= 0.3 is 0 Å². The molecule has 0 bridgehead atoms. The van der Waals surface area contributed by atoms with Crippen molar-refractivity contribution in [1.82, 2.24) is 9.97 Å². The van der Waals surface area contributed by atoms with Gasteiger partial charge in [0.05, 0.1) is 0 Å². The zero-order valence-electron chi connectivity index (χ0n) is 11.9. The van der Waals surface area contributed by atoms with Crippen LogP contribution in [0.4, 0.5) is 11.6 Å². The van der Waals surface area contributed by atoms with Crippen molar-refractivity contribution in [3.63, 3.8) is 0 Å². The fourth-order valence-electron chi connectivity index (χ4n) is 2.73. The lowest BCUT2D eigenvalue weighted by Crippen LogP contribution is -2.23. The van der Waals surface area contributed by atoms with Crippen LogP contribution in [-0.2, 0) is 0 Å². The quantitative estimate of drug-likeness (QED) is 0.889. The SMILES string of the molecule is CCC1CCN(c2ncnc(NC)c2C(C)C)C1. The molecule has 1 unspecified atom stereocenters. The molecular weight excluding hydrogens is 224 g/mol. The number of anilines is 2. The molecule has 1 atom stereocenters. The monoisotopic (exact) mass is 248 g/mol. The largest absolute Gasteiger partial charge is 0.373 e. The molecule has 1 N–H and O–H groups in total. The zero-order chi connectivity index (χ0) is 13.1. The summed E-state index contributed by atoms with van der Waals surface area (Å²) in [7, 11) is 1.93. The van der Waals surface area contributed by atoms with Gasteiger partial charge in [-0.25, -0.2) is 9.97 Å². The fourth-order valence-corrected chi connectivity index (χ4v) is 2.73. The molecule has 0 aliphatic carbocycles. The minimum Gasteiger partial charge on any atom is -0.373 e. The van der Waals surface area contributed by atoms with Crippen LogP contribution in [-0.4, -0.2) is 30.1 Å². The molecule has 100 valence electrons. The molecule has 4 heteroatoms. The lowest BCUT2D eigenvalue weighted by Gasteiger charge is -2.23. The van der Waals surface area contributed by atoms with Crippen molar-refractivity contribution >= 4 is 11.6 Å². The Hall–Kier alpha value is -1.32. The zero-order valence-corrected chi connectivity index (χ0v) is 11.9. The molecule has 0 saturated carbocycles. The van der Waals surface area contributed by atoms with Gasteiger partial charge in [-0.1, -0.05) is 27.2 Å². The van der Waals surface area contributed by atoms with E-state index in [2.05, 4.69) is 41.0 Å². The number of hydrogen-bond acceptors (Lipinski definition) is 4. The van der Waals surface area contributed by atoms with Crippen LogP contribution >= 0.6 is 0 Å². The minimum atomic E-state index is 0.435. The van der Waals surface area contributed by atoms with Crippen LogP contribution in [0.15, 0.2) is 6.33 Å². The summed E-state index contributed by atoms with van der Waals surface area (Å²) in [4.78, 5) is 11.3. The van der Waals surface area contributed by atoms with Gasteiger partial charge in [-0.2, -0.15) is 0 Å². The molecule has 18 heavy (non-hydrogen) atoms. The molecule has 1 aliphatic rings. The van der Waals surface area contributed by atoms with Gasteiger partial charge in [0.1, 0.15) is 18.0 Å². The van der Waals surface area contributed by atoms with E-state index in [4.69, 9.17) is 0 Å². The Morgan fingerprint density at radius 1 is 1.44 bits per heavy atom. The van der Waals surface area contributed by atoms with E-state index in [0.717, 1.165) is 30.6 Å². The summed E-state index contributed by atoms with van der Waals surface area (Å²) in [5.74, 6) is 3.34. The summed E-state index contributed by atoms with van der Waals surface area (Å²) < 4.78 is 0. The van der Waals surface area contributed by atoms with Crippen molar-refractivity contribution in [1.29, 1.82) is 0 Å². The van der Waals surface area contributed by atoms with Crippen LogP contribution in [0.25, 0.3) is 0 Å². The van der Waals surface area contributed by atoms with E-state index in [-0.39, 0.29) is 0 Å². The van der Waals surface area contributed by atoms with Crippen LogP contribution in [0.5, 0.6) is 0 Å². The molecule has 1 fully saturated rings. The summed E-state index contributed by atoms with van der Waals surface area (Å²) in [6, 6.07) is 0. The predicted octanol–water partition coefficient (Wildman–Crippen LogP) is 2.88. The smallest absolute Gasteiger partial charge is 0.137 e. The maximum atomic E-state index is 4.53. The Kier molecular flexibility index (Phi) is 4.04. The van der Waals surface area contributed by atoms with Crippen molar-refractivity contribution in [2.75, 3.05) is 30.4 Å². The lowest BCUT2D eigenvalue weighted by molar-refractivity contribution is 0.568. The summed E-state index contributed by atoms with van der Waals surface area (Å²) in [6.07, 6.45) is 4.22. The number of hydrogen-bond donors (Lipinski definition) is 1. The van der Waals surface area contributed by atoms with Crippen LogP contribution < -0.4 is 10.2 Å². The molecule has 1 saturated heterocycles. The third kappa shape index (κ3) is 2.42. The second-order valence-electron chi connectivity index (χ2n) is 5.37. The number of aromatic nitrogens is 2. The highest BCUT2D eigenvalue weighted by Crippen LogP contribution is 2.33. The van der Waals surface area contributed by atoms with Gasteiger partial charge < -0.3 is 10.2 Å². The van der Waals surface area contributed by atoms with Crippen molar-refractivity contribution in [3.05, 3.63) is 11.9 Å². The van der Waals surface area contributed by atoms with E-state index in [1.165, 1.54) is 18.4 Å². The number of rotatable bonds is 4. The Bertz CT molecular complexity index is 403. The highest BCUT2D eigenvalue weighted by atomic mass is 15.2. The van der Waals surface area contributed by atoms with Crippen LogP contribution in [0.2, 0.25) is 0 Å². The summed E-state index contributed by atoms with van der Waals surface area (Å²) >= 11 is 0. The topological polar surface area (TPSA) is 41.1 Å². The molecule has 0 radical (unpaired) electrons. The molecule has 1 aromatic heterocycles. The summed E-state index contributed by atoms with van der Waals surface area (Å²) in [5, 5.41) is 3.19. The standard InChI is InChI=1S/C14H24N4/c1-5-11-6-7-18(8-11)14-12(10(2)3)13(15-4)16-9-17-14/h9-11H,5-8H2,1-4H3,(H,15,16,17). The Balaban J connectivity index is 2.32. The molecule has 2 rings (SSSR count). The van der Waals surface area contributed by atoms with Gasteiger partial charge in [0.2, 0.25) is 0 Å². The van der Waals surface area contributed by atoms with Crippen LogP contribution in [0.1, 0.15) is 45.1 Å². The first-order chi connectivity index (χ1) is 8.67.